The summed E-state index contributed by atoms with van der Waals surface area (Å²) < 4.78 is 20.3. The summed E-state index contributed by atoms with van der Waals surface area (Å²) >= 11 is 3.26. The average Bonchev–Trinajstić information content (AvgIpc) is 2.27. The van der Waals surface area contributed by atoms with E-state index in [-0.39, 0.29) is 17.5 Å². The molecule has 2 nitrogen and oxygen atoms in total. The monoisotopic (exact) mass is 317 g/mol. The van der Waals surface area contributed by atoms with Gasteiger partial charge >= 0.3 is 0 Å². The van der Waals surface area contributed by atoms with Crippen LogP contribution >= 0.6 is 15.9 Å². The number of halogens is 2. The van der Waals surface area contributed by atoms with Crippen molar-refractivity contribution in [2.75, 3.05) is 13.7 Å². The first-order valence-corrected chi connectivity index (χ1v) is 6.95. The molecular weight excluding hydrogens is 297 g/mol. The van der Waals surface area contributed by atoms with E-state index in [0.29, 0.717) is 18.6 Å². The van der Waals surface area contributed by atoms with Crippen LogP contribution in [-0.2, 0) is 11.2 Å². The lowest BCUT2D eigenvalue weighted by molar-refractivity contribution is -0.0364. The third-order valence-corrected chi connectivity index (χ3v) is 3.64. The van der Waals surface area contributed by atoms with Gasteiger partial charge < -0.3 is 10.1 Å². The van der Waals surface area contributed by atoms with E-state index in [1.807, 2.05) is 40.0 Å². The zero-order valence-electron chi connectivity index (χ0n) is 11.4. The molecule has 1 atom stereocenters. The molecule has 0 aromatic heterocycles. The zero-order valence-corrected chi connectivity index (χ0v) is 13.0. The van der Waals surface area contributed by atoms with Crippen molar-refractivity contribution in [3.63, 3.8) is 0 Å². The highest BCUT2D eigenvalue weighted by atomic mass is 79.9. The first-order valence-electron chi connectivity index (χ1n) is 6.16. The number of benzene rings is 1. The number of hydrogen-bond acceptors (Lipinski definition) is 2. The van der Waals surface area contributed by atoms with Crippen molar-refractivity contribution in [1.82, 2.24) is 5.32 Å². The third kappa shape index (κ3) is 4.04. The highest BCUT2D eigenvalue weighted by molar-refractivity contribution is 9.10. The predicted molar refractivity (Wildman–Crippen MR) is 76.4 cm³/mol. The second-order valence-corrected chi connectivity index (χ2v) is 5.73. The normalized spacial score (nSPS) is 13.7. The fraction of sp³-hybridized carbons (Fsp3) is 0.571. The molecule has 1 unspecified atom stereocenters. The van der Waals surface area contributed by atoms with Crippen molar-refractivity contribution in [3.05, 3.63) is 34.1 Å². The summed E-state index contributed by atoms with van der Waals surface area (Å²) in [5.41, 5.74) is 0.369. The molecule has 0 fully saturated rings. The van der Waals surface area contributed by atoms with Gasteiger partial charge in [0.2, 0.25) is 0 Å². The maximum atomic E-state index is 13.8. The minimum absolute atomic E-state index is 0.0631. The van der Waals surface area contributed by atoms with Crippen LogP contribution in [0.25, 0.3) is 0 Å². The minimum Gasteiger partial charge on any atom is -0.374 e. The standard InChI is InChI=1S/C14H21BrFNO/c1-5-18-14(2,3)13(17-4)8-10-6-7-11(15)9-12(10)16/h6-7,9,13,17H,5,8H2,1-4H3. The van der Waals surface area contributed by atoms with E-state index >= 15 is 0 Å². The fourth-order valence-electron chi connectivity index (χ4n) is 2.08. The van der Waals surface area contributed by atoms with Gasteiger partial charge in [0.05, 0.1) is 5.60 Å². The molecule has 1 aromatic carbocycles. The molecule has 18 heavy (non-hydrogen) atoms. The van der Waals surface area contributed by atoms with Gasteiger partial charge in [0.25, 0.3) is 0 Å². The van der Waals surface area contributed by atoms with Crippen LogP contribution in [0.1, 0.15) is 26.3 Å². The van der Waals surface area contributed by atoms with Crippen LogP contribution in [0, 0.1) is 5.82 Å². The quantitative estimate of drug-likeness (QED) is 0.866. The molecule has 4 heteroatoms. The topological polar surface area (TPSA) is 21.3 Å². The van der Waals surface area contributed by atoms with Gasteiger partial charge in [-0.2, -0.15) is 0 Å². The van der Waals surface area contributed by atoms with Gasteiger partial charge in [-0.25, -0.2) is 4.39 Å². The fourth-order valence-corrected chi connectivity index (χ4v) is 2.41. The Kier molecular flexibility index (Phi) is 5.76. The molecule has 0 heterocycles. The largest absolute Gasteiger partial charge is 0.374 e. The molecule has 0 aliphatic rings. The highest BCUT2D eigenvalue weighted by Crippen LogP contribution is 2.22. The molecule has 1 aromatic rings. The number of likely N-dealkylation sites (N-methyl/N-ethyl adjacent to an activating group) is 1. The average molecular weight is 318 g/mol. The lowest BCUT2D eigenvalue weighted by Gasteiger charge is -2.34. The summed E-state index contributed by atoms with van der Waals surface area (Å²) in [7, 11) is 1.88. The van der Waals surface area contributed by atoms with Gasteiger partial charge in [0.15, 0.2) is 0 Å². The Balaban J connectivity index is 2.85. The Morgan fingerprint density at radius 1 is 1.44 bits per heavy atom. The highest BCUT2D eigenvalue weighted by Gasteiger charge is 2.29. The lowest BCUT2D eigenvalue weighted by atomic mass is 9.92. The van der Waals surface area contributed by atoms with E-state index < -0.39 is 0 Å². The van der Waals surface area contributed by atoms with E-state index in [9.17, 15) is 4.39 Å². The smallest absolute Gasteiger partial charge is 0.127 e. The third-order valence-electron chi connectivity index (χ3n) is 3.14. The van der Waals surface area contributed by atoms with Crippen molar-refractivity contribution in [3.8, 4) is 0 Å². The van der Waals surface area contributed by atoms with Crippen LogP contribution in [0.3, 0.4) is 0 Å². The van der Waals surface area contributed by atoms with Crippen LogP contribution in [-0.4, -0.2) is 25.3 Å². The number of rotatable bonds is 6. The van der Waals surface area contributed by atoms with Crippen LogP contribution < -0.4 is 5.32 Å². The van der Waals surface area contributed by atoms with Crippen molar-refractivity contribution < 1.29 is 9.13 Å². The van der Waals surface area contributed by atoms with E-state index in [0.717, 1.165) is 4.47 Å². The molecule has 102 valence electrons. The summed E-state index contributed by atoms with van der Waals surface area (Å²) in [6.45, 7) is 6.66. The predicted octanol–water partition coefficient (Wildman–Crippen LogP) is 3.53. The Hall–Kier alpha value is -0.450. The number of ether oxygens (including phenoxy) is 1. The summed E-state index contributed by atoms with van der Waals surface area (Å²) in [5, 5.41) is 3.21. The second-order valence-electron chi connectivity index (χ2n) is 4.82. The van der Waals surface area contributed by atoms with Gasteiger partial charge in [0, 0.05) is 17.1 Å². The molecule has 0 radical (unpaired) electrons. The molecule has 0 saturated heterocycles. The van der Waals surface area contributed by atoms with E-state index in [1.54, 1.807) is 0 Å². The molecule has 0 spiro atoms. The molecule has 0 bridgehead atoms. The molecule has 0 aliphatic carbocycles. The number of hydrogen-bond donors (Lipinski definition) is 1. The van der Waals surface area contributed by atoms with E-state index in [4.69, 9.17) is 4.74 Å². The maximum absolute atomic E-state index is 13.8. The Morgan fingerprint density at radius 3 is 2.61 bits per heavy atom. The first kappa shape index (κ1) is 15.6. The Bertz CT molecular complexity index is 395. The van der Waals surface area contributed by atoms with Crippen LogP contribution in [0.5, 0.6) is 0 Å². The van der Waals surface area contributed by atoms with Crippen molar-refractivity contribution in [2.45, 2.75) is 38.8 Å². The van der Waals surface area contributed by atoms with Gasteiger partial charge in [-0.15, -0.1) is 0 Å². The summed E-state index contributed by atoms with van der Waals surface area (Å²) in [5.74, 6) is -0.183. The first-order chi connectivity index (χ1) is 8.40. The van der Waals surface area contributed by atoms with Crippen molar-refractivity contribution in [1.29, 1.82) is 0 Å². The second kappa shape index (κ2) is 6.64. The summed E-state index contributed by atoms with van der Waals surface area (Å²) in [6, 6.07) is 5.23. The van der Waals surface area contributed by atoms with Crippen LogP contribution in [0.4, 0.5) is 4.39 Å². The molecule has 0 saturated carbocycles. The van der Waals surface area contributed by atoms with Crippen LogP contribution in [0.15, 0.2) is 22.7 Å². The van der Waals surface area contributed by atoms with Crippen molar-refractivity contribution >= 4 is 15.9 Å². The molecular formula is C14H21BrFNO. The van der Waals surface area contributed by atoms with Gasteiger partial charge in [-0.1, -0.05) is 22.0 Å². The molecule has 0 aliphatic heterocycles. The molecule has 0 amide bonds. The van der Waals surface area contributed by atoms with Gasteiger partial charge in [-0.05, 0) is 51.9 Å². The van der Waals surface area contributed by atoms with Gasteiger partial charge in [-0.3, -0.25) is 0 Å². The summed E-state index contributed by atoms with van der Waals surface area (Å²) in [4.78, 5) is 0. The minimum atomic E-state index is -0.330. The van der Waals surface area contributed by atoms with E-state index in [1.165, 1.54) is 6.07 Å². The SMILES string of the molecule is CCOC(C)(C)C(Cc1ccc(Br)cc1F)NC. The molecule has 1 rings (SSSR count). The number of nitrogens with one attached hydrogen (secondary N) is 1. The maximum Gasteiger partial charge on any atom is 0.127 e. The zero-order chi connectivity index (χ0) is 13.8. The van der Waals surface area contributed by atoms with E-state index in [2.05, 4.69) is 21.2 Å². The summed E-state index contributed by atoms with van der Waals surface area (Å²) in [6.07, 6.45) is 0.600. The lowest BCUT2D eigenvalue weighted by Crippen LogP contribution is -2.48. The Morgan fingerprint density at radius 2 is 2.11 bits per heavy atom. The molecule has 1 N–H and O–H groups in total. The van der Waals surface area contributed by atoms with Crippen LogP contribution in [0.2, 0.25) is 0 Å². The Labute approximate surface area is 117 Å². The van der Waals surface area contributed by atoms with Crippen molar-refractivity contribution in [2.24, 2.45) is 0 Å². The van der Waals surface area contributed by atoms with Gasteiger partial charge in [0.1, 0.15) is 5.82 Å².